The van der Waals surface area contributed by atoms with E-state index in [0.29, 0.717) is 9.54 Å². The largest absolute Gasteiger partial charge is 1.00 e. The first-order valence-corrected chi connectivity index (χ1v) is 22.2. The van der Waals surface area contributed by atoms with Crippen LogP contribution in [-0.4, -0.2) is 20.8 Å². The van der Waals surface area contributed by atoms with Crippen molar-refractivity contribution in [3.8, 4) is 11.1 Å². The summed E-state index contributed by atoms with van der Waals surface area (Å²) in [4.78, 5) is 0. The van der Waals surface area contributed by atoms with E-state index in [1.165, 1.54) is 33.6 Å². The quantitative estimate of drug-likeness (QED) is 0.374. The smallest absolute Gasteiger partial charge is 1.00 e. The summed E-state index contributed by atoms with van der Waals surface area (Å²) in [6.45, 7) is 16.6. The van der Waals surface area contributed by atoms with E-state index in [1.54, 1.807) is 21.9 Å². The molecule has 2 aliphatic carbocycles. The maximum Gasteiger partial charge on any atom is -1.00 e. The summed E-state index contributed by atoms with van der Waals surface area (Å²) < 4.78 is 10.1. The first kappa shape index (κ1) is 30.5. The molecule has 37 heavy (non-hydrogen) atoms. The van der Waals surface area contributed by atoms with E-state index in [1.807, 2.05) is 0 Å². The van der Waals surface area contributed by atoms with Gasteiger partial charge in [0.05, 0.1) is 0 Å². The Morgan fingerprint density at radius 1 is 0.865 bits per heavy atom. The van der Waals surface area contributed by atoms with Crippen LogP contribution in [0.3, 0.4) is 0 Å². The van der Waals surface area contributed by atoms with Gasteiger partial charge in [0.15, 0.2) is 0 Å². The van der Waals surface area contributed by atoms with Gasteiger partial charge in [0, 0.05) is 0 Å². The molecule has 2 atom stereocenters. The maximum absolute atomic E-state index is 7.01. The van der Waals surface area contributed by atoms with Crippen molar-refractivity contribution in [2.45, 2.75) is 62.5 Å². The Balaban J connectivity index is 0.00000190. The molecule has 0 heterocycles. The van der Waals surface area contributed by atoms with E-state index < -0.39 is 39.9 Å². The van der Waals surface area contributed by atoms with Gasteiger partial charge in [-0.05, 0) is 0 Å². The molecule has 5 rings (SSSR count). The molecule has 6 heteroatoms. The predicted molar refractivity (Wildman–Crippen MR) is 153 cm³/mol. The minimum absolute atomic E-state index is 0. The van der Waals surface area contributed by atoms with E-state index >= 15 is 0 Å². The summed E-state index contributed by atoms with van der Waals surface area (Å²) in [5.41, 5.74) is 12.0. The van der Waals surface area contributed by atoms with Gasteiger partial charge in [-0.3, -0.25) is 0 Å². The van der Waals surface area contributed by atoms with Gasteiger partial charge in [-0.1, -0.05) is 0 Å². The molecular weight excluding hydrogens is 607 g/mol. The first-order valence-electron chi connectivity index (χ1n) is 13.1. The third-order valence-electron chi connectivity index (χ3n) is 7.34. The van der Waals surface area contributed by atoms with Crippen LogP contribution in [0.4, 0.5) is 0 Å². The predicted octanol–water partition coefficient (Wildman–Crippen LogP) is 1.97. The zero-order valence-electron chi connectivity index (χ0n) is 23.0. The second-order valence-corrected chi connectivity index (χ2v) is 22.1. The molecular formula is C31H37Cl2OSi2Zr. The Hall–Kier alpha value is -1.03. The van der Waals surface area contributed by atoms with E-state index in [0.717, 1.165) is 6.42 Å². The van der Waals surface area contributed by atoms with Gasteiger partial charge >= 0.3 is 227 Å². The standard InChI is InChI=1S/C29H33OSi2.C2H4.2ClH.Zr/c1-7-19-13-10-17-24-26(19)28(30-32(4,5)6)29(31(2)3)27(24)23-16-11-15-22-21-14-9-8-12-20(21)18-25(22)23;1-2;;;/h8-18,27,31H,7H2,1-6H3;1H,2H3;2*1H;/q;;;;+2/p-2. The fourth-order valence-corrected chi connectivity index (χ4v) is 11.9. The van der Waals surface area contributed by atoms with Crippen molar-refractivity contribution in [3.05, 3.63) is 99.2 Å². The summed E-state index contributed by atoms with van der Waals surface area (Å²) in [7, 11) is -2.95. The van der Waals surface area contributed by atoms with Crippen LogP contribution in [0.1, 0.15) is 56.8 Å². The number of rotatable bonds is 6. The molecule has 0 N–H and O–H groups in total. The van der Waals surface area contributed by atoms with Gasteiger partial charge in [0.25, 0.3) is 0 Å². The van der Waals surface area contributed by atoms with E-state index in [-0.39, 0.29) is 24.8 Å². The number of benzene rings is 3. The molecule has 0 aliphatic heterocycles. The molecule has 1 nitrogen and oxygen atoms in total. The molecule has 0 saturated heterocycles. The summed E-state index contributed by atoms with van der Waals surface area (Å²) >= 11 is -0.714. The third-order valence-corrected chi connectivity index (χ3v) is 13.1. The fraction of sp³-hybridized carbons (Fsp3) is 0.323. The first-order chi connectivity index (χ1) is 16.8. The molecule has 0 fully saturated rings. The number of halogens is 2. The van der Waals surface area contributed by atoms with Gasteiger partial charge < -0.3 is 24.8 Å². The minimum atomic E-state index is -1.78. The Morgan fingerprint density at radius 3 is 2.14 bits per heavy atom. The second kappa shape index (κ2) is 12.0. The average Bonchev–Trinajstić information content (AvgIpc) is 3.32. The van der Waals surface area contributed by atoms with Crippen molar-refractivity contribution in [1.82, 2.24) is 0 Å². The minimum Gasteiger partial charge on any atom is -1.00 e. The summed E-state index contributed by atoms with van der Waals surface area (Å²) in [5, 5.41) is 1.62. The van der Waals surface area contributed by atoms with Gasteiger partial charge in [-0.15, -0.1) is 0 Å². The van der Waals surface area contributed by atoms with Crippen LogP contribution < -0.4 is 24.8 Å². The zero-order chi connectivity index (χ0) is 24.9. The third kappa shape index (κ3) is 5.39. The molecule has 0 amide bonds. The summed E-state index contributed by atoms with van der Waals surface area (Å²) in [6, 6.07) is 23.3. The Labute approximate surface area is 249 Å². The maximum atomic E-state index is 7.01. The van der Waals surface area contributed by atoms with Crippen molar-refractivity contribution >= 4 is 26.6 Å². The molecule has 0 spiro atoms. The molecule has 0 saturated carbocycles. The average molecular weight is 644 g/mol. The molecule has 2 unspecified atom stereocenters. The van der Waals surface area contributed by atoms with Crippen molar-refractivity contribution in [1.29, 1.82) is 0 Å². The Bertz CT molecular complexity index is 1360. The second-order valence-electron chi connectivity index (χ2n) is 11.1. The van der Waals surface area contributed by atoms with Gasteiger partial charge in [-0.25, -0.2) is 0 Å². The molecule has 2 aliphatic rings. The summed E-state index contributed by atoms with van der Waals surface area (Å²) in [6.07, 6.45) is 1.04. The van der Waals surface area contributed by atoms with Crippen LogP contribution in [0, 0.1) is 0 Å². The van der Waals surface area contributed by atoms with Gasteiger partial charge in [0.1, 0.15) is 0 Å². The van der Waals surface area contributed by atoms with Crippen molar-refractivity contribution < 1.29 is 52.0 Å². The van der Waals surface area contributed by atoms with Crippen LogP contribution in [0.2, 0.25) is 32.7 Å². The fourth-order valence-electron chi connectivity index (χ4n) is 6.10. The van der Waals surface area contributed by atoms with Crippen molar-refractivity contribution in [3.63, 3.8) is 0 Å². The molecule has 3 aromatic rings. The molecule has 0 aromatic heterocycles. The molecule has 193 valence electrons. The van der Waals surface area contributed by atoms with Crippen LogP contribution in [-0.2, 0) is 33.6 Å². The SMILES string of the molecule is C[CH]=[Zr+2][CH]1c2ccccc2-c2cccc(C3C([SiH](C)C)=C(O[Si](C)(C)C)c4c(CC)cccc43)c21.[Cl-].[Cl-]. The Kier molecular flexibility index (Phi) is 9.90. The Morgan fingerprint density at radius 2 is 1.49 bits per heavy atom. The zero-order valence-corrected chi connectivity index (χ0v) is 29.1. The monoisotopic (exact) mass is 641 g/mol. The van der Waals surface area contributed by atoms with E-state index in [4.69, 9.17) is 4.43 Å². The van der Waals surface area contributed by atoms with E-state index in [9.17, 15) is 0 Å². The van der Waals surface area contributed by atoms with Gasteiger partial charge in [-0.2, -0.15) is 0 Å². The number of fused-ring (bicyclic) bond motifs is 4. The van der Waals surface area contributed by atoms with Crippen LogP contribution in [0.15, 0.2) is 65.9 Å². The number of hydrogen-bond donors (Lipinski definition) is 0. The van der Waals surface area contributed by atoms with Gasteiger partial charge in [0.2, 0.25) is 0 Å². The molecule has 3 aromatic carbocycles. The topological polar surface area (TPSA) is 9.23 Å². The van der Waals surface area contributed by atoms with Crippen molar-refractivity contribution in [2.75, 3.05) is 0 Å². The normalized spacial score (nSPS) is 17.6. The molecule has 0 radical (unpaired) electrons. The number of allylic oxidation sites excluding steroid dienone is 1. The van der Waals surface area contributed by atoms with Crippen molar-refractivity contribution in [2.24, 2.45) is 0 Å². The number of aryl methyl sites for hydroxylation is 1. The van der Waals surface area contributed by atoms with Crippen LogP contribution in [0.5, 0.6) is 0 Å². The summed E-state index contributed by atoms with van der Waals surface area (Å²) in [5.74, 6) is 1.59. The van der Waals surface area contributed by atoms with E-state index in [2.05, 4.69) is 111 Å². The van der Waals surface area contributed by atoms with Crippen LogP contribution >= 0.6 is 0 Å². The van der Waals surface area contributed by atoms with Crippen LogP contribution in [0.25, 0.3) is 16.9 Å². The number of hydrogen-bond acceptors (Lipinski definition) is 1. The molecule has 0 bridgehead atoms.